The topological polar surface area (TPSA) is 93.8 Å². The van der Waals surface area contributed by atoms with Gasteiger partial charge in [-0.2, -0.15) is 4.98 Å². The molecule has 0 atom stereocenters. The molecule has 0 amide bonds. The van der Waals surface area contributed by atoms with Crippen molar-refractivity contribution in [2.45, 2.75) is 26.2 Å². The summed E-state index contributed by atoms with van der Waals surface area (Å²) in [5.74, 6) is 1.32. The average Bonchev–Trinajstić information content (AvgIpc) is 3.43. The molecule has 0 spiro atoms. The molecule has 1 N–H and O–H groups in total. The molecule has 0 aliphatic heterocycles. The maximum atomic E-state index is 12.7. The van der Waals surface area contributed by atoms with Crippen LogP contribution in [0.5, 0.6) is 0 Å². The molecule has 0 fully saturated rings. The van der Waals surface area contributed by atoms with Crippen LogP contribution >= 0.6 is 0 Å². The van der Waals surface area contributed by atoms with Gasteiger partial charge in [-0.3, -0.25) is 13.8 Å². The summed E-state index contributed by atoms with van der Waals surface area (Å²) in [5, 5.41) is 0. The number of imidazole rings is 2. The van der Waals surface area contributed by atoms with Crippen LogP contribution in [0.15, 0.2) is 60.0 Å². The molecule has 0 aliphatic carbocycles. The molecule has 0 radical (unpaired) electrons. The van der Waals surface area contributed by atoms with Crippen LogP contribution in [0, 0.1) is 0 Å². The smallest absolute Gasteiger partial charge is 0.274 e. The highest BCUT2D eigenvalue weighted by Crippen LogP contribution is 2.18. The Labute approximate surface area is 165 Å². The predicted octanol–water partition coefficient (Wildman–Crippen LogP) is 2.50. The summed E-state index contributed by atoms with van der Waals surface area (Å²) in [4.78, 5) is 33.6. The molecule has 0 unspecified atom stereocenters. The number of hydrogen-bond acceptors (Lipinski definition) is 5. The van der Waals surface area contributed by atoms with Gasteiger partial charge in [0.15, 0.2) is 5.65 Å². The number of H-pyrrole nitrogens is 1. The first-order valence-corrected chi connectivity index (χ1v) is 9.56. The van der Waals surface area contributed by atoms with Crippen molar-refractivity contribution in [1.82, 2.24) is 33.9 Å². The molecule has 1 aromatic carbocycles. The highest BCUT2D eigenvalue weighted by Gasteiger charge is 2.16. The molecule has 0 saturated heterocycles. The molecule has 5 aromatic rings. The maximum absolute atomic E-state index is 12.7. The lowest BCUT2D eigenvalue weighted by atomic mass is 10.1. The van der Waals surface area contributed by atoms with Crippen molar-refractivity contribution in [2.75, 3.05) is 0 Å². The van der Waals surface area contributed by atoms with E-state index < -0.39 is 0 Å². The number of aryl methyl sites for hydroxylation is 3. The standard InChI is InChI=1S/C21H19N7O/c1-2-15-18-19(26-21(24-15)27-11-10-22-13-27)28-16(20(29)25-18)12-23-17(28)9-8-14-6-4-3-5-7-14/h3-7,10-13H,2,8-9H2,1H3,(H,25,29). The Morgan fingerprint density at radius 2 is 1.97 bits per heavy atom. The number of aromatic nitrogens is 7. The van der Waals surface area contributed by atoms with Gasteiger partial charge in [0.05, 0.1) is 11.9 Å². The molecular weight excluding hydrogens is 366 g/mol. The van der Waals surface area contributed by atoms with Crippen LogP contribution in [0.25, 0.3) is 22.6 Å². The largest absolute Gasteiger partial charge is 0.316 e. The molecule has 4 aromatic heterocycles. The van der Waals surface area contributed by atoms with E-state index in [2.05, 4.69) is 32.1 Å². The lowest BCUT2D eigenvalue weighted by Gasteiger charge is -2.10. The maximum Gasteiger partial charge on any atom is 0.274 e. The molecular formula is C21H19N7O. The number of hydrogen-bond donors (Lipinski definition) is 1. The number of nitrogens with one attached hydrogen (secondary N) is 1. The van der Waals surface area contributed by atoms with E-state index >= 15 is 0 Å². The van der Waals surface area contributed by atoms with Crippen molar-refractivity contribution in [3.05, 3.63) is 82.7 Å². The Morgan fingerprint density at radius 1 is 1.10 bits per heavy atom. The van der Waals surface area contributed by atoms with Gasteiger partial charge in [-0.15, -0.1) is 0 Å². The fraction of sp³-hybridized carbons (Fsp3) is 0.190. The van der Waals surface area contributed by atoms with Gasteiger partial charge in [0.1, 0.15) is 23.2 Å². The Bertz CT molecular complexity index is 1350. The zero-order valence-corrected chi connectivity index (χ0v) is 15.9. The Kier molecular flexibility index (Phi) is 4.16. The first-order valence-electron chi connectivity index (χ1n) is 9.56. The highest BCUT2D eigenvalue weighted by molar-refractivity contribution is 5.77. The van der Waals surface area contributed by atoms with E-state index in [0.29, 0.717) is 35.5 Å². The third-order valence-electron chi connectivity index (χ3n) is 5.02. The second kappa shape index (κ2) is 6.97. The number of benzene rings is 1. The second-order valence-corrected chi connectivity index (χ2v) is 6.83. The SMILES string of the molecule is CCc1nc(-n2ccnc2)nc2c1[nH]c(=O)c1cnc(CCc3ccccc3)n12. The fourth-order valence-electron chi connectivity index (χ4n) is 3.56. The summed E-state index contributed by atoms with van der Waals surface area (Å²) < 4.78 is 3.62. The zero-order chi connectivity index (χ0) is 19.8. The summed E-state index contributed by atoms with van der Waals surface area (Å²) in [6.07, 6.45) is 8.95. The quantitative estimate of drug-likeness (QED) is 0.502. The van der Waals surface area contributed by atoms with E-state index in [1.165, 1.54) is 5.56 Å². The van der Waals surface area contributed by atoms with Gasteiger partial charge in [0.2, 0.25) is 5.95 Å². The Balaban J connectivity index is 1.72. The van der Waals surface area contributed by atoms with E-state index in [1.807, 2.05) is 29.5 Å². The van der Waals surface area contributed by atoms with E-state index in [-0.39, 0.29) is 5.56 Å². The van der Waals surface area contributed by atoms with Gasteiger partial charge in [0.25, 0.3) is 5.56 Å². The van der Waals surface area contributed by atoms with Crippen LogP contribution in [-0.2, 0) is 19.3 Å². The normalized spacial score (nSPS) is 11.5. The highest BCUT2D eigenvalue weighted by atomic mass is 16.1. The Hall–Kier alpha value is -3.81. The third kappa shape index (κ3) is 2.98. The number of aromatic amines is 1. The van der Waals surface area contributed by atoms with Crippen LogP contribution in [0.4, 0.5) is 0 Å². The molecule has 4 heterocycles. The van der Waals surface area contributed by atoms with Crippen LogP contribution in [0.3, 0.4) is 0 Å². The first-order chi connectivity index (χ1) is 14.2. The number of rotatable bonds is 5. The minimum absolute atomic E-state index is 0.190. The molecule has 8 nitrogen and oxygen atoms in total. The molecule has 0 bridgehead atoms. The van der Waals surface area contributed by atoms with Gasteiger partial charge in [-0.1, -0.05) is 37.3 Å². The van der Waals surface area contributed by atoms with Gasteiger partial charge in [-0.05, 0) is 18.4 Å². The lowest BCUT2D eigenvalue weighted by molar-refractivity contribution is 0.845. The molecule has 8 heteroatoms. The minimum atomic E-state index is -0.190. The fourth-order valence-corrected chi connectivity index (χ4v) is 3.56. The summed E-state index contributed by atoms with van der Waals surface area (Å²) in [6.45, 7) is 2.01. The van der Waals surface area contributed by atoms with Gasteiger partial charge >= 0.3 is 0 Å². The van der Waals surface area contributed by atoms with E-state index in [4.69, 9.17) is 4.98 Å². The van der Waals surface area contributed by atoms with Gasteiger partial charge in [0, 0.05) is 18.8 Å². The zero-order valence-electron chi connectivity index (χ0n) is 15.9. The number of fused-ring (bicyclic) bond motifs is 3. The van der Waals surface area contributed by atoms with Crippen LogP contribution in [-0.4, -0.2) is 33.9 Å². The van der Waals surface area contributed by atoms with Crippen molar-refractivity contribution in [3.63, 3.8) is 0 Å². The van der Waals surface area contributed by atoms with Crippen molar-refractivity contribution < 1.29 is 0 Å². The first kappa shape index (κ1) is 17.3. The summed E-state index contributed by atoms with van der Waals surface area (Å²) in [6, 6.07) is 10.2. The lowest BCUT2D eigenvalue weighted by Crippen LogP contribution is -2.16. The van der Waals surface area contributed by atoms with Crippen LogP contribution in [0.1, 0.15) is 24.0 Å². The van der Waals surface area contributed by atoms with Crippen molar-refractivity contribution in [2.24, 2.45) is 0 Å². The summed E-state index contributed by atoms with van der Waals surface area (Å²) in [7, 11) is 0. The van der Waals surface area contributed by atoms with Crippen molar-refractivity contribution in [1.29, 1.82) is 0 Å². The summed E-state index contributed by atoms with van der Waals surface area (Å²) >= 11 is 0. The van der Waals surface area contributed by atoms with E-state index in [9.17, 15) is 4.79 Å². The molecule has 5 rings (SSSR count). The van der Waals surface area contributed by atoms with Crippen LogP contribution < -0.4 is 5.56 Å². The summed E-state index contributed by atoms with van der Waals surface area (Å²) in [5.41, 5.74) is 3.59. The predicted molar refractivity (Wildman–Crippen MR) is 109 cm³/mol. The van der Waals surface area contributed by atoms with Crippen molar-refractivity contribution >= 4 is 16.7 Å². The number of nitrogens with zero attached hydrogens (tertiary/aromatic N) is 6. The van der Waals surface area contributed by atoms with Crippen molar-refractivity contribution in [3.8, 4) is 5.95 Å². The van der Waals surface area contributed by atoms with Crippen LogP contribution in [0.2, 0.25) is 0 Å². The second-order valence-electron chi connectivity index (χ2n) is 6.83. The third-order valence-corrected chi connectivity index (χ3v) is 5.02. The van der Waals surface area contributed by atoms with Gasteiger partial charge < -0.3 is 4.98 Å². The molecule has 29 heavy (non-hydrogen) atoms. The average molecular weight is 385 g/mol. The molecule has 144 valence electrons. The van der Waals surface area contributed by atoms with E-state index in [0.717, 1.165) is 17.9 Å². The Morgan fingerprint density at radius 3 is 2.72 bits per heavy atom. The van der Waals surface area contributed by atoms with Gasteiger partial charge in [-0.25, -0.2) is 15.0 Å². The monoisotopic (exact) mass is 385 g/mol. The molecule has 0 aliphatic rings. The minimum Gasteiger partial charge on any atom is -0.316 e. The van der Waals surface area contributed by atoms with E-state index in [1.54, 1.807) is 29.5 Å². The molecule has 0 saturated carbocycles.